The Morgan fingerprint density at radius 3 is 2.68 bits per heavy atom. The average molecular weight is 362 g/mol. The maximum absolute atomic E-state index is 13.0. The summed E-state index contributed by atoms with van der Waals surface area (Å²) in [6.07, 6.45) is 1.43. The van der Waals surface area contributed by atoms with Gasteiger partial charge >= 0.3 is 0 Å². The molecule has 0 unspecified atom stereocenters. The molecule has 130 valence electrons. The first-order valence-corrected chi connectivity index (χ1v) is 8.65. The minimum atomic E-state index is -4.03. The van der Waals surface area contributed by atoms with Gasteiger partial charge in [-0.2, -0.15) is 0 Å². The predicted molar refractivity (Wildman–Crippen MR) is 90.4 cm³/mol. The summed E-state index contributed by atoms with van der Waals surface area (Å²) in [5, 5.41) is 10.9. The van der Waals surface area contributed by atoms with E-state index in [0.29, 0.717) is 17.2 Å². The number of non-ortho nitro benzene ring substituents is 1. The highest BCUT2D eigenvalue weighted by molar-refractivity contribution is 7.92. The fourth-order valence-corrected chi connectivity index (χ4v) is 3.85. The number of nitro groups is 1. The number of anilines is 1. The SMILES string of the molecule is C=CCN(c1ccc2c(c1)OCO2)S(=O)(=O)c1cccc([N+](=O)[O-])c1. The number of fused-ring (bicyclic) bond motifs is 1. The van der Waals surface area contributed by atoms with Crippen molar-refractivity contribution in [1.29, 1.82) is 0 Å². The number of nitro benzene ring substituents is 1. The van der Waals surface area contributed by atoms with Crippen molar-refractivity contribution in [1.82, 2.24) is 0 Å². The molecule has 0 spiro atoms. The average Bonchev–Trinajstić information content (AvgIpc) is 3.07. The van der Waals surface area contributed by atoms with Crippen LogP contribution in [0.25, 0.3) is 0 Å². The first-order chi connectivity index (χ1) is 11.9. The van der Waals surface area contributed by atoms with Gasteiger partial charge in [0.25, 0.3) is 15.7 Å². The van der Waals surface area contributed by atoms with Crippen molar-refractivity contribution in [3.05, 3.63) is 65.2 Å². The number of hydrogen-bond acceptors (Lipinski definition) is 6. The van der Waals surface area contributed by atoms with Crippen LogP contribution >= 0.6 is 0 Å². The molecule has 1 aliphatic rings. The number of nitrogens with zero attached hydrogens (tertiary/aromatic N) is 2. The van der Waals surface area contributed by atoms with Crippen molar-refractivity contribution in [3.8, 4) is 11.5 Å². The molecule has 0 fully saturated rings. The van der Waals surface area contributed by atoms with E-state index in [0.717, 1.165) is 10.4 Å². The van der Waals surface area contributed by atoms with Crippen molar-refractivity contribution in [2.75, 3.05) is 17.6 Å². The van der Waals surface area contributed by atoms with Crippen LogP contribution in [0.5, 0.6) is 11.5 Å². The van der Waals surface area contributed by atoms with Gasteiger partial charge in [0.2, 0.25) is 6.79 Å². The van der Waals surface area contributed by atoms with E-state index in [-0.39, 0.29) is 23.9 Å². The number of benzene rings is 2. The third-order valence-corrected chi connectivity index (χ3v) is 5.35. The van der Waals surface area contributed by atoms with Crippen LogP contribution in [0.1, 0.15) is 0 Å². The maximum atomic E-state index is 13.0. The molecule has 0 radical (unpaired) electrons. The summed E-state index contributed by atoms with van der Waals surface area (Å²) in [6.45, 7) is 3.64. The highest BCUT2D eigenvalue weighted by atomic mass is 32.2. The molecule has 0 atom stereocenters. The zero-order chi connectivity index (χ0) is 18.0. The van der Waals surface area contributed by atoms with Crippen LogP contribution in [0, 0.1) is 10.1 Å². The van der Waals surface area contributed by atoms with Crippen molar-refractivity contribution < 1.29 is 22.8 Å². The van der Waals surface area contributed by atoms with E-state index in [4.69, 9.17) is 9.47 Å². The fraction of sp³-hybridized carbons (Fsp3) is 0.125. The predicted octanol–water partition coefficient (Wildman–Crippen LogP) is 2.70. The third-order valence-electron chi connectivity index (χ3n) is 3.56. The Morgan fingerprint density at radius 1 is 1.20 bits per heavy atom. The quantitative estimate of drug-likeness (QED) is 0.445. The number of sulfonamides is 1. The standard InChI is InChI=1S/C16H14N2O6S/c1-2-8-17(12-6-7-15-16(10-12)24-11-23-15)25(21,22)14-5-3-4-13(9-14)18(19)20/h2-7,9-10H,1,8,11H2. The molecule has 1 aliphatic heterocycles. The molecule has 1 heterocycles. The van der Waals surface area contributed by atoms with E-state index in [1.807, 2.05) is 0 Å². The van der Waals surface area contributed by atoms with Gasteiger partial charge in [-0.15, -0.1) is 6.58 Å². The van der Waals surface area contributed by atoms with Gasteiger partial charge in [-0.3, -0.25) is 14.4 Å². The summed E-state index contributed by atoms with van der Waals surface area (Å²) < 4.78 is 37.6. The minimum absolute atomic E-state index is 0.00926. The first-order valence-electron chi connectivity index (χ1n) is 7.21. The molecule has 0 aromatic heterocycles. The fourth-order valence-electron chi connectivity index (χ4n) is 2.38. The van der Waals surface area contributed by atoms with Gasteiger partial charge in [0.05, 0.1) is 22.1 Å². The molecule has 9 heteroatoms. The molecule has 0 saturated heterocycles. The van der Waals surface area contributed by atoms with E-state index in [1.54, 1.807) is 18.2 Å². The van der Waals surface area contributed by atoms with Gasteiger partial charge in [0, 0.05) is 18.2 Å². The van der Waals surface area contributed by atoms with Gasteiger partial charge < -0.3 is 9.47 Å². The molecule has 3 rings (SSSR count). The zero-order valence-electron chi connectivity index (χ0n) is 13.0. The lowest BCUT2D eigenvalue weighted by Gasteiger charge is -2.23. The number of hydrogen-bond donors (Lipinski definition) is 0. The van der Waals surface area contributed by atoms with E-state index in [9.17, 15) is 18.5 Å². The largest absolute Gasteiger partial charge is 0.454 e. The van der Waals surface area contributed by atoms with E-state index in [1.165, 1.54) is 24.3 Å². The maximum Gasteiger partial charge on any atom is 0.270 e. The highest BCUT2D eigenvalue weighted by Gasteiger charge is 2.27. The summed E-state index contributed by atoms with van der Waals surface area (Å²) in [6, 6.07) is 9.63. The second-order valence-electron chi connectivity index (χ2n) is 5.12. The Kier molecular flexibility index (Phi) is 4.32. The smallest absolute Gasteiger partial charge is 0.270 e. The van der Waals surface area contributed by atoms with Crippen LogP contribution in [-0.4, -0.2) is 26.7 Å². The molecule has 0 aliphatic carbocycles. The van der Waals surface area contributed by atoms with Crippen LogP contribution in [0.3, 0.4) is 0 Å². The Balaban J connectivity index is 2.06. The van der Waals surface area contributed by atoms with Crippen molar-refractivity contribution >= 4 is 21.4 Å². The van der Waals surface area contributed by atoms with Crippen LogP contribution < -0.4 is 13.8 Å². The van der Waals surface area contributed by atoms with Crippen LogP contribution in [0.2, 0.25) is 0 Å². The lowest BCUT2D eigenvalue weighted by atomic mass is 10.3. The van der Waals surface area contributed by atoms with Crippen molar-refractivity contribution in [2.24, 2.45) is 0 Å². The monoisotopic (exact) mass is 362 g/mol. The molecule has 0 saturated carbocycles. The number of rotatable bonds is 6. The van der Waals surface area contributed by atoms with Crippen LogP contribution in [0.4, 0.5) is 11.4 Å². The zero-order valence-corrected chi connectivity index (χ0v) is 13.8. The Hall–Kier alpha value is -3.07. The van der Waals surface area contributed by atoms with E-state index < -0.39 is 14.9 Å². The minimum Gasteiger partial charge on any atom is -0.454 e. The second kappa shape index (κ2) is 6.44. The van der Waals surface area contributed by atoms with Gasteiger partial charge in [-0.05, 0) is 18.2 Å². The normalized spacial score (nSPS) is 12.6. The van der Waals surface area contributed by atoms with Gasteiger partial charge in [0.15, 0.2) is 11.5 Å². The Labute approximate surface area is 144 Å². The third kappa shape index (κ3) is 3.13. The molecular weight excluding hydrogens is 348 g/mol. The Morgan fingerprint density at radius 2 is 1.96 bits per heavy atom. The summed E-state index contributed by atoms with van der Waals surface area (Å²) in [5.74, 6) is 0.954. The van der Waals surface area contributed by atoms with Crippen LogP contribution in [-0.2, 0) is 10.0 Å². The van der Waals surface area contributed by atoms with Gasteiger partial charge in [0.1, 0.15) is 0 Å². The molecule has 25 heavy (non-hydrogen) atoms. The second-order valence-corrected chi connectivity index (χ2v) is 6.98. The molecule has 2 aromatic rings. The summed E-state index contributed by atoms with van der Waals surface area (Å²) >= 11 is 0. The van der Waals surface area contributed by atoms with Crippen LogP contribution in [0.15, 0.2) is 60.0 Å². The molecule has 0 bridgehead atoms. The number of ether oxygens (including phenoxy) is 2. The summed E-state index contributed by atoms with van der Waals surface area (Å²) in [5.41, 5.74) is 0.0426. The molecule has 0 amide bonds. The van der Waals surface area contributed by atoms with E-state index in [2.05, 4.69) is 6.58 Å². The lowest BCUT2D eigenvalue weighted by molar-refractivity contribution is -0.385. The molecule has 8 nitrogen and oxygen atoms in total. The highest BCUT2D eigenvalue weighted by Crippen LogP contribution is 2.37. The Bertz CT molecular complexity index is 941. The molecular formula is C16H14N2O6S. The van der Waals surface area contributed by atoms with Crippen molar-refractivity contribution in [2.45, 2.75) is 4.90 Å². The topological polar surface area (TPSA) is 99.0 Å². The first kappa shape index (κ1) is 16.8. The van der Waals surface area contributed by atoms with Gasteiger partial charge in [-0.1, -0.05) is 12.1 Å². The molecule has 0 N–H and O–H groups in total. The summed E-state index contributed by atoms with van der Waals surface area (Å²) in [4.78, 5) is 10.1. The van der Waals surface area contributed by atoms with Crippen molar-refractivity contribution in [3.63, 3.8) is 0 Å². The van der Waals surface area contributed by atoms with Gasteiger partial charge in [-0.25, -0.2) is 8.42 Å². The molecule has 2 aromatic carbocycles. The summed E-state index contributed by atoms with van der Waals surface area (Å²) in [7, 11) is -4.03. The lowest BCUT2D eigenvalue weighted by Crippen LogP contribution is -2.31. The van der Waals surface area contributed by atoms with E-state index >= 15 is 0 Å².